The van der Waals surface area contributed by atoms with Gasteiger partial charge in [-0.2, -0.15) is 0 Å². The second-order valence-corrected chi connectivity index (χ2v) is 6.39. The molecule has 4 N–H and O–H groups in total. The molecule has 1 fully saturated rings. The summed E-state index contributed by atoms with van der Waals surface area (Å²) in [6, 6.07) is 5.94. The summed E-state index contributed by atoms with van der Waals surface area (Å²) in [5.74, 6) is -0.0173. The third-order valence-electron chi connectivity index (χ3n) is 4.68. The van der Waals surface area contributed by atoms with Gasteiger partial charge in [0, 0.05) is 32.4 Å². The van der Waals surface area contributed by atoms with Gasteiger partial charge in [0.2, 0.25) is 12.4 Å². The summed E-state index contributed by atoms with van der Waals surface area (Å²) in [6.45, 7) is 2.56. The lowest BCUT2D eigenvalue weighted by atomic mass is 10.1. The average molecular weight is 383 g/mol. The van der Waals surface area contributed by atoms with Gasteiger partial charge in [0.15, 0.2) is 5.82 Å². The molecule has 28 heavy (non-hydrogen) atoms. The first-order chi connectivity index (χ1) is 13.6. The minimum Gasteiger partial charge on any atom is -0.366 e. The number of pyridine rings is 1. The lowest BCUT2D eigenvalue weighted by molar-refractivity contribution is -0.105. The SMILES string of the molecule is NC(=O)c1cc(F)cc2[nH]c(N3CCN(c4ncccc4NC=O)CC3)nc12. The second kappa shape index (κ2) is 7.14. The Balaban J connectivity index is 1.55. The monoisotopic (exact) mass is 383 g/mol. The molecule has 0 unspecified atom stereocenters. The van der Waals surface area contributed by atoms with Gasteiger partial charge in [-0.25, -0.2) is 14.4 Å². The number of rotatable bonds is 5. The van der Waals surface area contributed by atoms with Crippen LogP contribution in [0.15, 0.2) is 30.5 Å². The zero-order chi connectivity index (χ0) is 19.7. The highest BCUT2D eigenvalue weighted by molar-refractivity contribution is 6.04. The molecule has 144 valence electrons. The highest BCUT2D eigenvalue weighted by Crippen LogP contribution is 2.26. The van der Waals surface area contributed by atoms with Crippen molar-refractivity contribution in [3.05, 3.63) is 41.8 Å². The largest absolute Gasteiger partial charge is 0.366 e. The van der Waals surface area contributed by atoms with Crippen LogP contribution < -0.4 is 20.9 Å². The molecule has 3 aromatic rings. The maximum atomic E-state index is 13.7. The van der Waals surface area contributed by atoms with Crippen molar-refractivity contribution in [1.29, 1.82) is 0 Å². The number of piperazine rings is 1. The van der Waals surface area contributed by atoms with Crippen molar-refractivity contribution in [3.63, 3.8) is 0 Å². The summed E-state index contributed by atoms with van der Waals surface area (Å²) in [6.07, 6.45) is 2.30. The molecule has 9 nitrogen and oxygen atoms in total. The van der Waals surface area contributed by atoms with Crippen molar-refractivity contribution in [1.82, 2.24) is 15.0 Å². The number of primary amides is 1. The van der Waals surface area contributed by atoms with Crippen LogP contribution >= 0.6 is 0 Å². The molecule has 0 saturated carbocycles. The van der Waals surface area contributed by atoms with E-state index in [2.05, 4.69) is 25.2 Å². The molecule has 0 aliphatic carbocycles. The highest BCUT2D eigenvalue weighted by Gasteiger charge is 2.23. The zero-order valence-electron chi connectivity index (χ0n) is 14.9. The first-order valence-corrected chi connectivity index (χ1v) is 8.71. The lowest BCUT2D eigenvalue weighted by Crippen LogP contribution is -2.47. The summed E-state index contributed by atoms with van der Waals surface area (Å²) >= 11 is 0. The van der Waals surface area contributed by atoms with Gasteiger partial charge in [0.05, 0.1) is 16.8 Å². The number of fused-ring (bicyclic) bond motifs is 1. The third kappa shape index (κ3) is 3.20. The van der Waals surface area contributed by atoms with Gasteiger partial charge >= 0.3 is 0 Å². The van der Waals surface area contributed by atoms with Crippen LogP contribution in [0.25, 0.3) is 11.0 Å². The number of carbonyl (C=O) groups is 2. The predicted molar refractivity (Wildman–Crippen MR) is 103 cm³/mol. The van der Waals surface area contributed by atoms with E-state index >= 15 is 0 Å². The molecule has 1 aromatic carbocycles. The van der Waals surface area contributed by atoms with E-state index < -0.39 is 11.7 Å². The maximum Gasteiger partial charge on any atom is 0.251 e. The zero-order valence-corrected chi connectivity index (χ0v) is 14.9. The van der Waals surface area contributed by atoms with Crippen LogP contribution in [0.3, 0.4) is 0 Å². The van der Waals surface area contributed by atoms with E-state index in [-0.39, 0.29) is 5.56 Å². The van der Waals surface area contributed by atoms with Crippen molar-refractivity contribution in [2.75, 3.05) is 41.3 Å². The van der Waals surface area contributed by atoms with Crippen molar-refractivity contribution < 1.29 is 14.0 Å². The van der Waals surface area contributed by atoms with Crippen molar-refractivity contribution in [2.24, 2.45) is 5.73 Å². The average Bonchev–Trinajstić information content (AvgIpc) is 3.12. The fraction of sp³-hybridized carbons (Fsp3) is 0.222. The summed E-state index contributed by atoms with van der Waals surface area (Å²) in [5, 5.41) is 2.66. The number of nitrogens with one attached hydrogen (secondary N) is 2. The molecule has 0 atom stereocenters. The number of anilines is 3. The van der Waals surface area contributed by atoms with Crippen LogP contribution in [0.2, 0.25) is 0 Å². The van der Waals surface area contributed by atoms with Gasteiger partial charge in [0.1, 0.15) is 11.3 Å². The maximum absolute atomic E-state index is 13.7. The molecular weight excluding hydrogens is 365 g/mol. The molecular formula is C18H18FN7O2. The minimum atomic E-state index is -0.724. The Bertz CT molecular complexity index is 1040. The van der Waals surface area contributed by atoms with Gasteiger partial charge in [-0.15, -0.1) is 0 Å². The number of nitrogens with zero attached hydrogens (tertiary/aromatic N) is 4. The smallest absolute Gasteiger partial charge is 0.251 e. The Kier molecular flexibility index (Phi) is 4.52. The highest BCUT2D eigenvalue weighted by atomic mass is 19.1. The van der Waals surface area contributed by atoms with Gasteiger partial charge in [-0.05, 0) is 24.3 Å². The van der Waals surface area contributed by atoms with Crippen LogP contribution in [-0.2, 0) is 4.79 Å². The van der Waals surface area contributed by atoms with E-state index in [1.165, 1.54) is 6.07 Å². The topological polar surface area (TPSA) is 120 Å². The molecule has 0 radical (unpaired) electrons. The van der Waals surface area contributed by atoms with Crippen molar-refractivity contribution in [3.8, 4) is 0 Å². The van der Waals surface area contributed by atoms with Gasteiger partial charge in [-0.3, -0.25) is 9.59 Å². The van der Waals surface area contributed by atoms with E-state index in [0.717, 1.165) is 6.07 Å². The quantitative estimate of drug-likeness (QED) is 0.567. The number of benzene rings is 1. The Morgan fingerprint density at radius 2 is 2.00 bits per heavy atom. The first kappa shape index (κ1) is 17.7. The van der Waals surface area contributed by atoms with Crippen LogP contribution in [0, 0.1) is 5.82 Å². The van der Waals surface area contributed by atoms with Crippen LogP contribution in [0.5, 0.6) is 0 Å². The van der Waals surface area contributed by atoms with Crippen LogP contribution in [0.4, 0.5) is 21.8 Å². The number of carbonyl (C=O) groups excluding carboxylic acids is 2. The summed E-state index contributed by atoms with van der Waals surface area (Å²) in [5.41, 5.74) is 6.82. The fourth-order valence-electron chi connectivity index (χ4n) is 3.36. The molecule has 2 aromatic heterocycles. The van der Waals surface area contributed by atoms with Crippen LogP contribution in [0.1, 0.15) is 10.4 Å². The van der Waals surface area contributed by atoms with E-state index in [9.17, 15) is 14.0 Å². The van der Waals surface area contributed by atoms with E-state index in [4.69, 9.17) is 5.73 Å². The molecule has 0 bridgehead atoms. The minimum absolute atomic E-state index is 0.0502. The summed E-state index contributed by atoms with van der Waals surface area (Å²) in [4.78, 5) is 38.3. The molecule has 3 heterocycles. The van der Waals surface area contributed by atoms with Crippen LogP contribution in [-0.4, -0.2) is 53.4 Å². The first-order valence-electron chi connectivity index (χ1n) is 8.71. The molecule has 4 rings (SSSR count). The Labute approximate surface area is 159 Å². The Morgan fingerprint density at radius 1 is 1.25 bits per heavy atom. The molecule has 1 saturated heterocycles. The number of aromatic nitrogens is 3. The molecule has 1 aliphatic rings. The third-order valence-corrected chi connectivity index (χ3v) is 4.68. The number of imidazole rings is 1. The molecule has 2 amide bonds. The van der Waals surface area contributed by atoms with E-state index in [1.807, 2.05) is 4.90 Å². The van der Waals surface area contributed by atoms with Gasteiger partial charge in [0.25, 0.3) is 5.91 Å². The molecule has 1 aliphatic heterocycles. The number of hydrogen-bond acceptors (Lipinski definition) is 6. The molecule has 10 heteroatoms. The predicted octanol–water partition coefficient (Wildman–Crippen LogP) is 1.09. The van der Waals surface area contributed by atoms with Crippen molar-refractivity contribution >= 4 is 40.8 Å². The van der Waals surface area contributed by atoms with Gasteiger partial charge < -0.3 is 25.8 Å². The lowest BCUT2D eigenvalue weighted by Gasteiger charge is -2.35. The Morgan fingerprint density at radius 3 is 2.71 bits per heavy atom. The normalized spacial score (nSPS) is 14.3. The van der Waals surface area contributed by atoms with Gasteiger partial charge in [-0.1, -0.05) is 0 Å². The van der Waals surface area contributed by atoms with Crippen molar-refractivity contribution in [2.45, 2.75) is 0 Å². The molecule has 0 spiro atoms. The number of aromatic amines is 1. The summed E-state index contributed by atoms with van der Waals surface area (Å²) < 4.78 is 13.7. The summed E-state index contributed by atoms with van der Waals surface area (Å²) in [7, 11) is 0. The Hall–Kier alpha value is -3.69. The number of H-pyrrole nitrogens is 1. The van der Waals surface area contributed by atoms with E-state index in [1.54, 1.807) is 18.3 Å². The number of halogens is 1. The number of amides is 2. The fourth-order valence-corrected chi connectivity index (χ4v) is 3.36. The van der Waals surface area contributed by atoms with E-state index in [0.29, 0.717) is 61.1 Å². The second-order valence-electron chi connectivity index (χ2n) is 6.39. The standard InChI is InChI=1S/C18H18FN7O2/c19-11-8-12(16(20)28)15-14(9-11)23-18(24-15)26-6-4-25(5-7-26)17-13(22-10-27)2-1-3-21-17/h1-3,8-10H,4-7H2,(H2,20,28)(H,22,27)(H,23,24). The number of hydrogen-bond donors (Lipinski definition) is 3. The number of nitrogens with two attached hydrogens (primary N) is 1.